The summed E-state index contributed by atoms with van der Waals surface area (Å²) in [5.74, 6) is -0.271. The van der Waals surface area contributed by atoms with Gasteiger partial charge in [-0.05, 0) is 73.4 Å². The zero-order valence-corrected chi connectivity index (χ0v) is 21.1. The summed E-state index contributed by atoms with van der Waals surface area (Å²) in [6.45, 7) is 18.1. The highest BCUT2D eigenvalue weighted by molar-refractivity contribution is 5.84. The molecule has 0 saturated heterocycles. The number of nitrogens with zero attached hydrogens (tertiary/aromatic N) is 1. The molecule has 0 aliphatic carbocycles. The van der Waals surface area contributed by atoms with Gasteiger partial charge in [0.25, 0.3) is 0 Å². The van der Waals surface area contributed by atoms with Crippen LogP contribution in [0.3, 0.4) is 0 Å². The molecule has 3 aromatic rings. The van der Waals surface area contributed by atoms with Crippen LogP contribution in [-0.2, 0) is 0 Å². The summed E-state index contributed by atoms with van der Waals surface area (Å²) >= 11 is 0. The molecular weight excluding hydrogens is 435 g/mol. The topological polar surface area (TPSA) is 56.5 Å². The third-order valence-corrected chi connectivity index (χ3v) is 5.95. The molecular formula is C30H35FN4. The van der Waals surface area contributed by atoms with Crippen molar-refractivity contribution in [3.63, 3.8) is 0 Å². The van der Waals surface area contributed by atoms with Crippen LogP contribution >= 0.6 is 0 Å². The van der Waals surface area contributed by atoms with Crippen LogP contribution in [0.5, 0.6) is 0 Å². The molecule has 4 rings (SSSR count). The molecule has 35 heavy (non-hydrogen) atoms. The Balaban J connectivity index is 0.00000167. The van der Waals surface area contributed by atoms with Gasteiger partial charge in [-0.1, -0.05) is 63.4 Å². The number of hydrogen-bond acceptors (Lipinski definition) is 2. The minimum Gasteiger partial charge on any atom is -0.357 e. The molecule has 0 amide bonds. The fourth-order valence-corrected chi connectivity index (χ4v) is 4.12. The van der Waals surface area contributed by atoms with E-state index in [4.69, 9.17) is 0 Å². The number of benzene rings is 1. The van der Waals surface area contributed by atoms with E-state index >= 15 is 0 Å². The van der Waals surface area contributed by atoms with Crippen LogP contribution in [0.25, 0.3) is 29.6 Å². The van der Waals surface area contributed by atoms with Gasteiger partial charge in [-0.25, -0.2) is 4.39 Å². The Morgan fingerprint density at radius 1 is 1.17 bits per heavy atom. The number of nitrogens with one attached hydrogen (secondary N) is 3. The molecule has 0 atom stereocenters. The second-order valence-corrected chi connectivity index (χ2v) is 8.21. The minimum atomic E-state index is -0.271. The second-order valence-electron chi connectivity index (χ2n) is 8.21. The molecule has 5 heteroatoms. The summed E-state index contributed by atoms with van der Waals surface area (Å²) in [5.41, 5.74) is 7.86. The number of aryl methyl sites for hydroxylation is 1. The highest BCUT2D eigenvalue weighted by Gasteiger charge is 2.15. The van der Waals surface area contributed by atoms with Gasteiger partial charge in [-0.15, -0.1) is 0 Å². The Morgan fingerprint density at radius 2 is 1.97 bits per heavy atom. The number of aromatic nitrogens is 3. The van der Waals surface area contributed by atoms with Crippen LogP contribution in [0.2, 0.25) is 0 Å². The van der Waals surface area contributed by atoms with Crippen molar-refractivity contribution >= 4 is 18.2 Å². The maximum Gasteiger partial charge on any atom is 0.123 e. The number of H-pyrrole nitrogens is 2. The van der Waals surface area contributed by atoms with Gasteiger partial charge in [0.2, 0.25) is 0 Å². The van der Waals surface area contributed by atoms with E-state index < -0.39 is 0 Å². The number of aromatic amines is 2. The van der Waals surface area contributed by atoms with Crippen LogP contribution in [0.1, 0.15) is 44.0 Å². The van der Waals surface area contributed by atoms with Gasteiger partial charge < -0.3 is 10.3 Å². The van der Waals surface area contributed by atoms with Gasteiger partial charge in [0.1, 0.15) is 11.5 Å². The standard InChI is InChI=1S/C28H29FN4.C2H6/c1-5-7-24(22-8-6-9-23(29)16-22)25-17-27(31-20(25)4)28-19(3)26(32-33-28)11-10-18(2)21-12-14-30-15-13-21;1-2/h5-12,16-17,30-32H,1,3,13-15H2,2,4H3;1-2H3/b18-10+,24-7-,26-11+;. The van der Waals surface area contributed by atoms with Gasteiger partial charge in [0, 0.05) is 23.0 Å². The molecule has 0 saturated carbocycles. The van der Waals surface area contributed by atoms with E-state index in [1.165, 1.54) is 23.3 Å². The molecule has 2 aromatic heterocycles. The summed E-state index contributed by atoms with van der Waals surface area (Å²) in [6.07, 6.45) is 11.0. The van der Waals surface area contributed by atoms with Gasteiger partial charge in [-0.2, -0.15) is 5.10 Å². The monoisotopic (exact) mass is 470 g/mol. The quantitative estimate of drug-likeness (QED) is 0.414. The van der Waals surface area contributed by atoms with Crippen molar-refractivity contribution in [2.75, 3.05) is 13.1 Å². The Bertz CT molecular complexity index is 1380. The molecule has 0 spiro atoms. The van der Waals surface area contributed by atoms with E-state index in [1.807, 2.05) is 45.1 Å². The predicted molar refractivity (Wildman–Crippen MR) is 147 cm³/mol. The average Bonchev–Trinajstić information content (AvgIpc) is 3.44. The van der Waals surface area contributed by atoms with E-state index in [0.717, 1.165) is 63.9 Å². The van der Waals surface area contributed by atoms with E-state index in [9.17, 15) is 4.39 Å². The average molecular weight is 471 g/mol. The smallest absolute Gasteiger partial charge is 0.123 e. The normalized spacial score (nSPS) is 14.9. The third-order valence-electron chi connectivity index (χ3n) is 5.95. The van der Waals surface area contributed by atoms with Crippen molar-refractivity contribution < 1.29 is 4.39 Å². The van der Waals surface area contributed by atoms with Crippen molar-refractivity contribution in [2.24, 2.45) is 0 Å². The van der Waals surface area contributed by atoms with E-state index in [1.54, 1.807) is 12.1 Å². The van der Waals surface area contributed by atoms with E-state index in [-0.39, 0.29) is 5.82 Å². The summed E-state index contributed by atoms with van der Waals surface area (Å²) in [7, 11) is 0. The maximum atomic E-state index is 13.9. The third kappa shape index (κ3) is 6.06. The molecule has 1 aliphatic rings. The van der Waals surface area contributed by atoms with Crippen molar-refractivity contribution in [3.05, 3.63) is 106 Å². The highest BCUT2D eigenvalue weighted by atomic mass is 19.1. The fourth-order valence-electron chi connectivity index (χ4n) is 4.12. The highest BCUT2D eigenvalue weighted by Crippen LogP contribution is 2.29. The molecule has 0 unspecified atom stereocenters. The molecule has 0 fully saturated rings. The summed E-state index contributed by atoms with van der Waals surface area (Å²) in [5, 5.41) is 12.7. The van der Waals surface area contributed by atoms with Crippen LogP contribution in [0.4, 0.5) is 4.39 Å². The summed E-state index contributed by atoms with van der Waals surface area (Å²) in [6, 6.07) is 8.61. The SMILES string of the molecule is C=C/C=C(/c1cccc(F)c1)c1cc(-c2n[nH]/c(=C/C=C(\C)C3=CCNCC3)c2=C)[nH]c1C.CC. The Morgan fingerprint density at radius 3 is 2.66 bits per heavy atom. The zero-order chi connectivity index (χ0) is 25.4. The lowest BCUT2D eigenvalue weighted by Gasteiger charge is -2.13. The van der Waals surface area contributed by atoms with Crippen LogP contribution < -0.4 is 15.9 Å². The van der Waals surface area contributed by atoms with Gasteiger partial charge in [-0.3, -0.25) is 5.10 Å². The van der Waals surface area contributed by atoms with Gasteiger partial charge >= 0.3 is 0 Å². The molecule has 182 valence electrons. The Kier molecular flexibility index (Phi) is 8.98. The van der Waals surface area contributed by atoms with Crippen LogP contribution in [0.15, 0.2) is 72.4 Å². The van der Waals surface area contributed by atoms with Crippen molar-refractivity contribution in [1.29, 1.82) is 0 Å². The molecule has 4 nitrogen and oxygen atoms in total. The number of allylic oxidation sites excluding steroid dienone is 4. The number of rotatable bonds is 6. The number of hydrogen-bond donors (Lipinski definition) is 3. The lowest BCUT2D eigenvalue weighted by molar-refractivity contribution is 0.627. The minimum absolute atomic E-state index is 0.271. The molecule has 1 aromatic carbocycles. The van der Waals surface area contributed by atoms with Crippen molar-refractivity contribution in [2.45, 2.75) is 34.1 Å². The molecule has 3 heterocycles. The summed E-state index contributed by atoms with van der Waals surface area (Å²) in [4.78, 5) is 3.42. The van der Waals surface area contributed by atoms with Crippen LogP contribution in [-0.4, -0.2) is 28.3 Å². The summed E-state index contributed by atoms with van der Waals surface area (Å²) < 4.78 is 13.9. The Hall–Kier alpha value is -3.70. The van der Waals surface area contributed by atoms with Crippen molar-refractivity contribution in [3.8, 4) is 11.4 Å². The fraction of sp³-hybridized carbons (Fsp3) is 0.233. The largest absolute Gasteiger partial charge is 0.357 e. The van der Waals surface area contributed by atoms with E-state index in [0.29, 0.717) is 0 Å². The zero-order valence-electron chi connectivity index (χ0n) is 21.1. The molecule has 0 bridgehead atoms. The first-order valence-electron chi connectivity index (χ1n) is 12.1. The predicted octanol–water partition coefficient (Wildman–Crippen LogP) is 5.55. The van der Waals surface area contributed by atoms with Crippen LogP contribution in [0, 0.1) is 12.7 Å². The molecule has 0 radical (unpaired) electrons. The molecule has 3 N–H and O–H groups in total. The Labute approximate surface area is 207 Å². The van der Waals surface area contributed by atoms with Gasteiger partial charge in [0.05, 0.1) is 11.0 Å². The molecule has 1 aliphatic heterocycles. The lowest BCUT2D eigenvalue weighted by Crippen LogP contribution is -2.22. The lowest BCUT2D eigenvalue weighted by atomic mass is 9.97. The first-order valence-corrected chi connectivity index (χ1v) is 12.1. The van der Waals surface area contributed by atoms with Gasteiger partial charge in [0.15, 0.2) is 0 Å². The number of halogens is 1. The second kappa shape index (κ2) is 12.1. The first-order chi connectivity index (χ1) is 17.0. The first kappa shape index (κ1) is 25.9. The van der Waals surface area contributed by atoms with E-state index in [2.05, 4.69) is 52.7 Å². The maximum absolute atomic E-state index is 13.9. The van der Waals surface area contributed by atoms with Crippen molar-refractivity contribution in [1.82, 2.24) is 20.5 Å².